The zero-order valence-corrected chi connectivity index (χ0v) is 19.3. The van der Waals surface area contributed by atoms with Crippen molar-refractivity contribution in [2.24, 2.45) is 0 Å². The van der Waals surface area contributed by atoms with E-state index in [1.54, 1.807) is 11.3 Å². The van der Waals surface area contributed by atoms with E-state index in [2.05, 4.69) is 44.6 Å². The lowest BCUT2D eigenvalue weighted by atomic mass is 9.62. The molecule has 3 aromatic heterocycles. The number of fused-ring (bicyclic) bond motifs is 1. The van der Waals surface area contributed by atoms with Crippen molar-refractivity contribution >= 4 is 41.6 Å². The molecular weight excluding hydrogens is 405 g/mol. The molecule has 0 spiro atoms. The lowest BCUT2D eigenvalue weighted by Gasteiger charge is -2.28. The second-order valence-electron chi connectivity index (χ2n) is 7.96. The van der Waals surface area contributed by atoms with Crippen LogP contribution in [0.1, 0.15) is 43.8 Å². The topological polar surface area (TPSA) is 55.5 Å². The summed E-state index contributed by atoms with van der Waals surface area (Å²) in [5, 5.41) is 6.39. The fourth-order valence-electron chi connectivity index (χ4n) is 3.89. The monoisotopic (exact) mass is 431 g/mol. The molecule has 1 aliphatic heterocycles. The number of hydrogen-bond acceptors (Lipinski definition) is 6. The summed E-state index contributed by atoms with van der Waals surface area (Å²) in [6.45, 7) is 11.7. The first-order valence-corrected chi connectivity index (χ1v) is 11.4. The molecule has 0 radical (unpaired) electrons. The van der Waals surface area contributed by atoms with Crippen LogP contribution in [0.2, 0.25) is 5.15 Å². The summed E-state index contributed by atoms with van der Waals surface area (Å²) >= 11 is 8.25. The first-order valence-electron chi connectivity index (χ1n) is 10.2. The first kappa shape index (κ1) is 20.6. The maximum Gasteiger partial charge on any atom is 0.187 e. The molecule has 0 atom stereocenters. The predicted octanol–water partition coefficient (Wildman–Crippen LogP) is 3.61. The van der Waals surface area contributed by atoms with Gasteiger partial charge in [-0.2, -0.15) is 5.10 Å². The van der Waals surface area contributed by atoms with Gasteiger partial charge in [0.1, 0.15) is 13.0 Å². The van der Waals surface area contributed by atoms with Gasteiger partial charge in [0.05, 0.1) is 29.3 Å². The Bertz CT molecular complexity index is 1040. The Balaban J connectivity index is 1.88. The maximum atomic E-state index is 6.63. The number of aryl methyl sites for hydroxylation is 2. The van der Waals surface area contributed by atoms with E-state index < -0.39 is 0 Å². The van der Waals surface area contributed by atoms with Gasteiger partial charge < -0.3 is 9.64 Å². The summed E-state index contributed by atoms with van der Waals surface area (Å²) in [4.78, 5) is 12.7. The van der Waals surface area contributed by atoms with Gasteiger partial charge in [0, 0.05) is 24.5 Å². The fourth-order valence-corrected chi connectivity index (χ4v) is 5.33. The largest absolute Gasteiger partial charge is 0.378 e. The standard InChI is InChI=1S/C20H27BClN5OS/c1-5-20(21,6-2)14-11-12(3)23-18-15(13(4)25-27(14)18)16-17(22)24-19(29-16)26-7-9-28-10-8-26/h11H,5-10,21H2,1-4H3. The van der Waals surface area contributed by atoms with E-state index in [9.17, 15) is 0 Å². The number of nitrogens with zero attached hydrogens (tertiary/aromatic N) is 5. The highest BCUT2D eigenvalue weighted by molar-refractivity contribution is 7.19. The summed E-state index contributed by atoms with van der Waals surface area (Å²) < 4.78 is 7.49. The molecule has 4 rings (SSSR count). The summed E-state index contributed by atoms with van der Waals surface area (Å²) in [5.41, 5.74) is 4.98. The minimum absolute atomic E-state index is 0.0398. The molecular formula is C20H27BClN5OS. The number of thiazole rings is 1. The second kappa shape index (κ2) is 7.89. The van der Waals surface area contributed by atoms with Crippen molar-refractivity contribution in [3.05, 3.63) is 28.3 Å². The van der Waals surface area contributed by atoms with E-state index in [4.69, 9.17) is 26.4 Å². The first-order chi connectivity index (χ1) is 13.9. The van der Waals surface area contributed by atoms with Crippen molar-refractivity contribution in [1.82, 2.24) is 19.6 Å². The van der Waals surface area contributed by atoms with E-state index in [-0.39, 0.29) is 5.31 Å². The molecule has 0 unspecified atom stereocenters. The van der Waals surface area contributed by atoms with E-state index in [1.807, 2.05) is 11.4 Å². The number of aromatic nitrogens is 4. The summed E-state index contributed by atoms with van der Waals surface area (Å²) in [5.74, 6) is 0. The van der Waals surface area contributed by atoms with Gasteiger partial charge in [0.2, 0.25) is 0 Å². The average Bonchev–Trinajstić information content (AvgIpc) is 3.26. The van der Waals surface area contributed by atoms with Crippen LogP contribution in [0, 0.1) is 13.8 Å². The molecule has 6 nitrogen and oxygen atoms in total. The van der Waals surface area contributed by atoms with Gasteiger partial charge in [-0.1, -0.05) is 49.6 Å². The fraction of sp³-hybridized carbons (Fsp3) is 0.550. The van der Waals surface area contributed by atoms with Crippen LogP contribution in [0.25, 0.3) is 16.1 Å². The van der Waals surface area contributed by atoms with Gasteiger partial charge in [0.25, 0.3) is 0 Å². The van der Waals surface area contributed by atoms with Crippen molar-refractivity contribution in [3.8, 4) is 10.4 Å². The molecule has 1 fully saturated rings. The molecule has 0 N–H and O–H groups in total. The zero-order chi connectivity index (χ0) is 20.8. The average molecular weight is 432 g/mol. The predicted molar refractivity (Wildman–Crippen MR) is 122 cm³/mol. The molecule has 0 amide bonds. The summed E-state index contributed by atoms with van der Waals surface area (Å²) in [6.07, 6.45) is 2.08. The van der Waals surface area contributed by atoms with E-state index >= 15 is 0 Å². The Labute approximate surface area is 181 Å². The van der Waals surface area contributed by atoms with Crippen LogP contribution in [-0.2, 0) is 10.1 Å². The number of hydrogen-bond donors (Lipinski definition) is 0. The number of halogens is 1. The lowest BCUT2D eigenvalue weighted by molar-refractivity contribution is 0.122. The molecule has 1 aliphatic rings. The van der Waals surface area contributed by atoms with E-state index in [1.165, 1.54) is 5.69 Å². The SMILES string of the molecule is BC(CC)(CC)c1cc(C)nc2c(-c3sc(N4CCOCC4)nc3Cl)c(C)nn12. The van der Waals surface area contributed by atoms with Crippen molar-refractivity contribution in [3.63, 3.8) is 0 Å². The van der Waals surface area contributed by atoms with Crippen molar-refractivity contribution in [2.75, 3.05) is 31.2 Å². The molecule has 4 heterocycles. The van der Waals surface area contributed by atoms with Crippen LogP contribution in [-0.4, -0.2) is 53.7 Å². The zero-order valence-electron chi connectivity index (χ0n) is 17.8. The van der Waals surface area contributed by atoms with Crippen LogP contribution in [0.3, 0.4) is 0 Å². The minimum Gasteiger partial charge on any atom is -0.378 e. The molecule has 0 bridgehead atoms. The Morgan fingerprint density at radius 2 is 1.90 bits per heavy atom. The second-order valence-corrected chi connectivity index (χ2v) is 9.30. The van der Waals surface area contributed by atoms with Gasteiger partial charge in [0.15, 0.2) is 10.8 Å². The summed E-state index contributed by atoms with van der Waals surface area (Å²) in [6, 6.07) is 2.17. The lowest BCUT2D eigenvalue weighted by Crippen LogP contribution is -2.36. The quantitative estimate of drug-likeness (QED) is 0.578. The maximum absolute atomic E-state index is 6.63. The molecule has 3 aromatic rings. The Morgan fingerprint density at radius 1 is 1.21 bits per heavy atom. The molecule has 154 valence electrons. The van der Waals surface area contributed by atoms with E-state index in [0.717, 1.165) is 71.8 Å². The molecule has 0 aromatic carbocycles. The normalized spacial score (nSPS) is 15.4. The highest BCUT2D eigenvalue weighted by Gasteiger charge is 2.29. The van der Waals surface area contributed by atoms with Gasteiger partial charge in [-0.15, -0.1) is 0 Å². The smallest absolute Gasteiger partial charge is 0.187 e. The number of rotatable bonds is 5. The van der Waals surface area contributed by atoms with Crippen molar-refractivity contribution < 1.29 is 4.74 Å². The van der Waals surface area contributed by atoms with E-state index in [0.29, 0.717) is 5.15 Å². The van der Waals surface area contributed by atoms with Gasteiger partial charge in [-0.3, -0.25) is 0 Å². The third-order valence-corrected chi connectivity index (χ3v) is 7.67. The minimum atomic E-state index is 0.0398. The Hall–Kier alpha value is -1.64. The number of morpholine rings is 1. The molecule has 29 heavy (non-hydrogen) atoms. The van der Waals surface area contributed by atoms with Gasteiger partial charge in [-0.25, -0.2) is 14.5 Å². The van der Waals surface area contributed by atoms with Crippen LogP contribution in [0.15, 0.2) is 6.07 Å². The van der Waals surface area contributed by atoms with Crippen LogP contribution in [0.5, 0.6) is 0 Å². The third kappa shape index (κ3) is 3.55. The molecule has 1 saturated heterocycles. The molecule has 0 saturated carbocycles. The third-order valence-electron chi connectivity index (χ3n) is 6.15. The molecule has 9 heteroatoms. The van der Waals surface area contributed by atoms with Crippen molar-refractivity contribution in [2.45, 2.75) is 45.9 Å². The summed E-state index contributed by atoms with van der Waals surface area (Å²) in [7, 11) is 2.30. The number of ether oxygens (including phenoxy) is 1. The van der Waals surface area contributed by atoms with Gasteiger partial charge >= 0.3 is 0 Å². The van der Waals surface area contributed by atoms with Crippen LogP contribution < -0.4 is 4.90 Å². The highest BCUT2D eigenvalue weighted by atomic mass is 35.5. The van der Waals surface area contributed by atoms with Crippen LogP contribution in [0.4, 0.5) is 5.13 Å². The Morgan fingerprint density at radius 3 is 2.55 bits per heavy atom. The molecule has 0 aliphatic carbocycles. The Kier molecular flexibility index (Phi) is 5.61. The van der Waals surface area contributed by atoms with Gasteiger partial charge in [-0.05, 0) is 25.2 Å². The van der Waals surface area contributed by atoms with Crippen LogP contribution >= 0.6 is 22.9 Å². The highest BCUT2D eigenvalue weighted by Crippen LogP contribution is 2.42. The number of anilines is 1. The van der Waals surface area contributed by atoms with Crippen molar-refractivity contribution in [1.29, 1.82) is 0 Å².